The smallest absolute Gasteiger partial charge is 0.133 e. The molecule has 1 aromatic heterocycles. The van der Waals surface area contributed by atoms with Crippen LogP contribution in [0.15, 0.2) is 0 Å². The number of hydrogen-bond donors (Lipinski definition) is 0. The van der Waals surface area contributed by atoms with Gasteiger partial charge in [0.05, 0.1) is 0 Å². The molecular formula is C14H24N3. The monoisotopic (exact) mass is 234 g/mol. The molecule has 95 valence electrons. The van der Waals surface area contributed by atoms with Crippen molar-refractivity contribution < 1.29 is 0 Å². The Morgan fingerprint density at radius 3 is 1.65 bits per heavy atom. The van der Waals surface area contributed by atoms with Gasteiger partial charge in [0.25, 0.3) is 0 Å². The highest BCUT2D eigenvalue weighted by Crippen LogP contribution is 2.06. The molecule has 0 saturated heterocycles. The molecule has 0 amide bonds. The summed E-state index contributed by atoms with van der Waals surface area (Å²) in [6.07, 6.45) is 9.17. The molecule has 0 fully saturated rings. The third kappa shape index (κ3) is 5.76. The fourth-order valence-corrected chi connectivity index (χ4v) is 1.81. The van der Waals surface area contributed by atoms with Crippen LogP contribution in [0.25, 0.3) is 0 Å². The highest BCUT2D eigenvalue weighted by molar-refractivity contribution is 5.00. The number of aromatic nitrogens is 3. The first-order valence-electron chi connectivity index (χ1n) is 6.82. The van der Waals surface area contributed by atoms with Crippen LogP contribution in [0.2, 0.25) is 0 Å². The minimum Gasteiger partial charge on any atom is -0.218 e. The van der Waals surface area contributed by atoms with E-state index in [1.807, 2.05) is 0 Å². The molecule has 0 aliphatic heterocycles. The van der Waals surface area contributed by atoms with Gasteiger partial charge in [0, 0.05) is 19.8 Å². The van der Waals surface area contributed by atoms with E-state index in [0.29, 0.717) is 5.82 Å². The molecule has 0 aliphatic carbocycles. The van der Waals surface area contributed by atoms with Gasteiger partial charge in [-0.3, -0.25) is 0 Å². The van der Waals surface area contributed by atoms with Crippen LogP contribution in [-0.4, -0.2) is 15.0 Å². The molecule has 1 radical (unpaired) electrons. The average Bonchev–Trinajstić information content (AvgIpc) is 2.29. The SMILES string of the molecule is [CH2]c1nc(CCCCC)nc(CCCCC)n1. The zero-order chi connectivity index (χ0) is 12.5. The molecule has 0 aliphatic rings. The molecular weight excluding hydrogens is 210 g/mol. The third-order valence-corrected chi connectivity index (χ3v) is 2.78. The summed E-state index contributed by atoms with van der Waals surface area (Å²) in [4.78, 5) is 13.1. The van der Waals surface area contributed by atoms with Crippen LogP contribution in [-0.2, 0) is 12.8 Å². The van der Waals surface area contributed by atoms with Gasteiger partial charge in [0.15, 0.2) is 0 Å². The second-order valence-electron chi connectivity index (χ2n) is 4.50. The summed E-state index contributed by atoms with van der Waals surface area (Å²) in [5.74, 6) is 2.47. The fraction of sp³-hybridized carbons (Fsp3) is 0.714. The Labute approximate surface area is 105 Å². The molecule has 0 unspecified atom stereocenters. The Kier molecular flexibility index (Phi) is 6.75. The lowest BCUT2D eigenvalue weighted by atomic mass is 10.2. The number of unbranched alkanes of at least 4 members (excludes halogenated alkanes) is 4. The number of nitrogens with zero attached hydrogens (tertiary/aromatic N) is 3. The average molecular weight is 234 g/mol. The van der Waals surface area contributed by atoms with Crippen molar-refractivity contribution >= 4 is 0 Å². The molecule has 1 rings (SSSR count). The first kappa shape index (κ1) is 14.1. The van der Waals surface area contributed by atoms with Crippen molar-refractivity contribution in [1.82, 2.24) is 15.0 Å². The lowest BCUT2D eigenvalue weighted by molar-refractivity contribution is 0.656. The first-order valence-corrected chi connectivity index (χ1v) is 6.82. The van der Waals surface area contributed by atoms with Crippen LogP contribution < -0.4 is 0 Å². The molecule has 0 spiro atoms. The normalized spacial score (nSPS) is 10.8. The Balaban J connectivity index is 2.53. The maximum absolute atomic E-state index is 4.51. The van der Waals surface area contributed by atoms with Gasteiger partial charge in [-0.05, 0) is 12.8 Å². The molecule has 0 N–H and O–H groups in total. The Morgan fingerprint density at radius 1 is 0.765 bits per heavy atom. The van der Waals surface area contributed by atoms with Crippen molar-refractivity contribution in [2.75, 3.05) is 0 Å². The molecule has 3 nitrogen and oxygen atoms in total. The van der Waals surface area contributed by atoms with Gasteiger partial charge in [-0.15, -0.1) is 0 Å². The standard InChI is InChI=1S/C14H24N3/c1-4-6-8-10-13-15-12(3)16-14(17-13)11-9-7-5-2/h3-11H2,1-2H3. The Hall–Kier alpha value is -0.990. The molecule has 0 aromatic carbocycles. The zero-order valence-corrected chi connectivity index (χ0v) is 11.2. The molecule has 0 atom stereocenters. The molecule has 0 bridgehead atoms. The maximum atomic E-state index is 4.51. The van der Waals surface area contributed by atoms with Crippen LogP contribution in [0.3, 0.4) is 0 Å². The summed E-state index contributed by atoms with van der Waals surface area (Å²) < 4.78 is 0. The van der Waals surface area contributed by atoms with E-state index in [9.17, 15) is 0 Å². The van der Waals surface area contributed by atoms with E-state index in [-0.39, 0.29) is 0 Å². The number of hydrogen-bond acceptors (Lipinski definition) is 3. The second-order valence-corrected chi connectivity index (χ2v) is 4.50. The molecule has 0 saturated carbocycles. The van der Waals surface area contributed by atoms with Crippen LogP contribution in [0.5, 0.6) is 0 Å². The van der Waals surface area contributed by atoms with E-state index in [2.05, 4.69) is 35.7 Å². The van der Waals surface area contributed by atoms with Gasteiger partial charge < -0.3 is 0 Å². The number of aryl methyl sites for hydroxylation is 2. The Bertz CT molecular complexity index is 295. The summed E-state index contributed by atoms with van der Waals surface area (Å²) in [7, 11) is 0. The van der Waals surface area contributed by atoms with E-state index in [1.54, 1.807) is 0 Å². The van der Waals surface area contributed by atoms with Crippen LogP contribution in [0, 0.1) is 6.92 Å². The number of rotatable bonds is 8. The summed E-state index contributed by atoms with van der Waals surface area (Å²) in [6, 6.07) is 0. The zero-order valence-electron chi connectivity index (χ0n) is 11.2. The van der Waals surface area contributed by atoms with Gasteiger partial charge in [-0.2, -0.15) is 0 Å². The largest absolute Gasteiger partial charge is 0.218 e. The first-order chi connectivity index (χ1) is 8.26. The summed E-state index contributed by atoms with van der Waals surface area (Å²) in [5, 5.41) is 0. The van der Waals surface area contributed by atoms with Crippen molar-refractivity contribution in [3.63, 3.8) is 0 Å². The van der Waals surface area contributed by atoms with E-state index in [1.165, 1.54) is 25.7 Å². The van der Waals surface area contributed by atoms with E-state index in [4.69, 9.17) is 0 Å². The second kappa shape index (κ2) is 8.15. The van der Waals surface area contributed by atoms with Crippen molar-refractivity contribution in [3.05, 3.63) is 24.4 Å². The van der Waals surface area contributed by atoms with Crippen LogP contribution in [0.4, 0.5) is 0 Å². The fourth-order valence-electron chi connectivity index (χ4n) is 1.81. The van der Waals surface area contributed by atoms with Gasteiger partial charge in [0.1, 0.15) is 17.5 Å². The highest BCUT2D eigenvalue weighted by atomic mass is 15.0. The van der Waals surface area contributed by atoms with E-state index in [0.717, 1.165) is 37.3 Å². The maximum Gasteiger partial charge on any atom is 0.133 e. The van der Waals surface area contributed by atoms with Gasteiger partial charge in [0.2, 0.25) is 0 Å². The van der Waals surface area contributed by atoms with Crippen molar-refractivity contribution in [2.45, 2.75) is 65.2 Å². The van der Waals surface area contributed by atoms with E-state index < -0.39 is 0 Å². The van der Waals surface area contributed by atoms with Crippen LogP contribution >= 0.6 is 0 Å². The van der Waals surface area contributed by atoms with Gasteiger partial charge in [-0.25, -0.2) is 15.0 Å². The topological polar surface area (TPSA) is 38.7 Å². The lowest BCUT2D eigenvalue weighted by Gasteiger charge is -2.04. The predicted molar refractivity (Wildman–Crippen MR) is 70.7 cm³/mol. The summed E-state index contributed by atoms with van der Waals surface area (Å²) in [5.41, 5.74) is 0. The minimum absolute atomic E-state index is 0.623. The van der Waals surface area contributed by atoms with E-state index >= 15 is 0 Å². The van der Waals surface area contributed by atoms with Gasteiger partial charge >= 0.3 is 0 Å². The minimum atomic E-state index is 0.623. The van der Waals surface area contributed by atoms with Gasteiger partial charge in [-0.1, -0.05) is 39.5 Å². The molecule has 1 aromatic rings. The predicted octanol–water partition coefficient (Wildman–Crippen LogP) is 3.52. The molecule has 1 heterocycles. The summed E-state index contributed by atoms with van der Waals surface area (Å²) in [6.45, 7) is 8.25. The molecule has 17 heavy (non-hydrogen) atoms. The highest BCUT2D eigenvalue weighted by Gasteiger charge is 2.03. The van der Waals surface area contributed by atoms with Crippen molar-refractivity contribution in [3.8, 4) is 0 Å². The Morgan fingerprint density at radius 2 is 1.24 bits per heavy atom. The molecule has 3 heteroatoms. The lowest BCUT2D eigenvalue weighted by Crippen LogP contribution is -2.05. The van der Waals surface area contributed by atoms with Crippen molar-refractivity contribution in [2.24, 2.45) is 0 Å². The quantitative estimate of drug-likeness (QED) is 0.646. The van der Waals surface area contributed by atoms with Crippen LogP contribution in [0.1, 0.15) is 69.8 Å². The summed E-state index contributed by atoms with van der Waals surface area (Å²) >= 11 is 0. The third-order valence-electron chi connectivity index (χ3n) is 2.78. The van der Waals surface area contributed by atoms with Crippen molar-refractivity contribution in [1.29, 1.82) is 0 Å².